The number of aliphatic imine (C=N–C) groups is 1. The fourth-order valence-electron chi connectivity index (χ4n) is 1.77. The molecule has 5 nitrogen and oxygen atoms in total. The quantitative estimate of drug-likeness (QED) is 0.417. The predicted octanol–water partition coefficient (Wildman–Crippen LogP) is 2.18. The zero-order chi connectivity index (χ0) is 16.2. The number of nitrogens with zero attached hydrogens (tertiary/aromatic N) is 1. The zero-order valence-corrected chi connectivity index (χ0v) is 13.6. The van der Waals surface area contributed by atoms with E-state index in [0.29, 0.717) is 12.3 Å². The molecule has 0 aromatic heterocycles. The number of methoxy groups -OCH3 is 1. The molecule has 0 radical (unpaired) electrons. The third-order valence-electron chi connectivity index (χ3n) is 2.82. The number of hydrogen-bond donors (Lipinski definition) is 2. The highest BCUT2D eigenvalue weighted by Crippen LogP contribution is 2.12. The van der Waals surface area contributed by atoms with Crippen molar-refractivity contribution < 1.29 is 13.9 Å². The van der Waals surface area contributed by atoms with Crippen molar-refractivity contribution in [3.63, 3.8) is 0 Å². The monoisotopic (exact) mass is 311 g/mol. The molecule has 0 aliphatic heterocycles. The lowest BCUT2D eigenvalue weighted by Crippen LogP contribution is -2.38. The molecule has 0 heterocycles. The van der Waals surface area contributed by atoms with E-state index in [9.17, 15) is 4.39 Å². The van der Waals surface area contributed by atoms with Crippen LogP contribution in [0.5, 0.6) is 5.75 Å². The van der Waals surface area contributed by atoms with Crippen molar-refractivity contribution in [2.45, 2.75) is 26.4 Å². The van der Waals surface area contributed by atoms with Crippen molar-refractivity contribution in [2.24, 2.45) is 4.99 Å². The summed E-state index contributed by atoms with van der Waals surface area (Å²) in [6.07, 6.45) is 0.822. The van der Waals surface area contributed by atoms with E-state index in [2.05, 4.69) is 15.6 Å². The Hall–Kier alpha value is -1.82. The first-order valence-electron chi connectivity index (χ1n) is 7.59. The summed E-state index contributed by atoms with van der Waals surface area (Å²) in [4.78, 5) is 4.48. The Morgan fingerprint density at radius 2 is 2.00 bits per heavy atom. The third-order valence-corrected chi connectivity index (χ3v) is 2.82. The van der Waals surface area contributed by atoms with E-state index in [4.69, 9.17) is 9.47 Å². The van der Waals surface area contributed by atoms with E-state index in [-0.39, 0.29) is 11.9 Å². The molecule has 124 valence electrons. The summed E-state index contributed by atoms with van der Waals surface area (Å²) in [6.45, 7) is 6.77. The van der Waals surface area contributed by atoms with Crippen molar-refractivity contribution in [1.29, 1.82) is 0 Å². The lowest BCUT2D eigenvalue weighted by atomic mass is 10.3. The van der Waals surface area contributed by atoms with Crippen LogP contribution in [0.25, 0.3) is 0 Å². The summed E-state index contributed by atoms with van der Waals surface area (Å²) in [5.41, 5.74) is 0. The van der Waals surface area contributed by atoms with Gasteiger partial charge in [-0.25, -0.2) is 9.38 Å². The second-order valence-corrected chi connectivity index (χ2v) is 4.88. The lowest BCUT2D eigenvalue weighted by molar-refractivity contribution is 0.195. The molecule has 0 aliphatic carbocycles. The molecule has 1 rings (SSSR count). The summed E-state index contributed by atoms with van der Waals surface area (Å²) >= 11 is 0. The summed E-state index contributed by atoms with van der Waals surface area (Å²) in [6, 6.07) is 5.99. The number of benzene rings is 1. The molecule has 1 unspecified atom stereocenters. The van der Waals surface area contributed by atoms with Crippen LogP contribution in [-0.2, 0) is 4.74 Å². The number of halogens is 1. The predicted molar refractivity (Wildman–Crippen MR) is 87.0 cm³/mol. The first-order chi connectivity index (χ1) is 10.7. The minimum atomic E-state index is -0.271. The number of ether oxygens (including phenoxy) is 2. The molecule has 22 heavy (non-hydrogen) atoms. The van der Waals surface area contributed by atoms with Gasteiger partial charge in [0.1, 0.15) is 17.7 Å². The molecular formula is C16H26FN3O2. The second-order valence-electron chi connectivity index (χ2n) is 4.88. The third kappa shape index (κ3) is 7.83. The van der Waals surface area contributed by atoms with Gasteiger partial charge in [-0.2, -0.15) is 0 Å². The van der Waals surface area contributed by atoms with Crippen LogP contribution in [0.1, 0.15) is 20.3 Å². The Morgan fingerprint density at radius 1 is 1.27 bits per heavy atom. The topological polar surface area (TPSA) is 54.9 Å². The Bertz CT molecular complexity index is 438. The van der Waals surface area contributed by atoms with Crippen molar-refractivity contribution in [1.82, 2.24) is 10.6 Å². The average molecular weight is 311 g/mol. The van der Waals surface area contributed by atoms with Crippen LogP contribution in [0.4, 0.5) is 4.39 Å². The van der Waals surface area contributed by atoms with Crippen LogP contribution in [-0.4, -0.2) is 45.4 Å². The first kappa shape index (κ1) is 18.2. The number of guanidine groups is 1. The molecule has 0 aliphatic rings. The molecule has 1 aromatic rings. The van der Waals surface area contributed by atoms with E-state index in [1.54, 1.807) is 19.2 Å². The minimum Gasteiger partial charge on any atom is -0.489 e. The first-order valence-corrected chi connectivity index (χ1v) is 7.59. The zero-order valence-electron chi connectivity index (χ0n) is 13.6. The van der Waals surface area contributed by atoms with Gasteiger partial charge in [-0.1, -0.05) is 0 Å². The SMILES string of the molecule is CCNC(=NCC(C)Oc1ccc(F)cc1)NCCCOC. The van der Waals surface area contributed by atoms with Gasteiger partial charge in [0, 0.05) is 26.8 Å². The summed E-state index contributed by atoms with van der Waals surface area (Å²) < 4.78 is 23.5. The standard InChI is InChI=1S/C16H26FN3O2/c1-4-18-16(19-10-5-11-21-3)20-12-13(2)22-15-8-6-14(17)7-9-15/h6-9,13H,4-5,10-12H2,1-3H3,(H2,18,19,20). The second kappa shape index (κ2) is 10.8. The van der Waals surface area contributed by atoms with Gasteiger partial charge in [-0.05, 0) is 44.5 Å². The Balaban J connectivity index is 2.41. The smallest absolute Gasteiger partial charge is 0.191 e. The normalized spacial score (nSPS) is 12.8. The number of nitrogens with one attached hydrogen (secondary N) is 2. The van der Waals surface area contributed by atoms with E-state index < -0.39 is 0 Å². The van der Waals surface area contributed by atoms with Gasteiger partial charge in [-0.3, -0.25) is 0 Å². The molecule has 6 heteroatoms. The average Bonchev–Trinajstić information content (AvgIpc) is 2.51. The van der Waals surface area contributed by atoms with Gasteiger partial charge in [0.2, 0.25) is 0 Å². The lowest BCUT2D eigenvalue weighted by Gasteiger charge is -2.15. The van der Waals surface area contributed by atoms with Gasteiger partial charge in [-0.15, -0.1) is 0 Å². The largest absolute Gasteiger partial charge is 0.489 e. The van der Waals surface area contributed by atoms with Crippen molar-refractivity contribution in [3.8, 4) is 5.75 Å². The molecule has 0 amide bonds. The molecule has 1 atom stereocenters. The van der Waals surface area contributed by atoms with E-state index in [1.165, 1.54) is 12.1 Å². The highest BCUT2D eigenvalue weighted by atomic mass is 19.1. The van der Waals surface area contributed by atoms with E-state index in [0.717, 1.165) is 32.1 Å². The minimum absolute atomic E-state index is 0.0973. The maximum atomic E-state index is 12.8. The highest BCUT2D eigenvalue weighted by Gasteiger charge is 2.05. The summed E-state index contributed by atoms with van der Waals surface area (Å²) in [7, 11) is 1.69. The van der Waals surface area contributed by atoms with Gasteiger partial charge < -0.3 is 20.1 Å². The molecular weight excluding hydrogens is 285 g/mol. The molecule has 2 N–H and O–H groups in total. The Kier molecular flexibility index (Phi) is 8.98. The van der Waals surface area contributed by atoms with Crippen molar-refractivity contribution in [2.75, 3.05) is 33.4 Å². The van der Waals surface area contributed by atoms with Crippen molar-refractivity contribution >= 4 is 5.96 Å². The molecule has 0 fully saturated rings. The summed E-state index contributed by atoms with van der Waals surface area (Å²) in [5.74, 6) is 1.13. The van der Waals surface area contributed by atoms with E-state index in [1.807, 2.05) is 13.8 Å². The molecule has 0 spiro atoms. The van der Waals surface area contributed by atoms with Gasteiger partial charge in [0.15, 0.2) is 5.96 Å². The maximum absolute atomic E-state index is 12.8. The molecule has 0 saturated heterocycles. The fourth-order valence-corrected chi connectivity index (χ4v) is 1.77. The highest BCUT2D eigenvalue weighted by molar-refractivity contribution is 5.79. The van der Waals surface area contributed by atoms with Crippen LogP contribution < -0.4 is 15.4 Å². The molecule has 1 aromatic carbocycles. The molecule has 0 bridgehead atoms. The van der Waals surface area contributed by atoms with Gasteiger partial charge in [0.05, 0.1) is 6.54 Å². The van der Waals surface area contributed by atoms with Crippen LogP contribution in [0.15, 0.2) is 29.3 Å². The number of rotatable bonds is 9. The Labute approximate surface area is 131 Å². The van der Waals surface area contributed by atoms with Gasteiger partial charge in [0.25, 0.3) is 0 Å². The maximum Gasteiger partial charge on any atom is 0.191 e. The Morgan fingerprint density at radius 3 is 2.64 bits per heavy atom. The van der Waals surface area contributed by atoms with Crippen LogP contribution in [0.2, 0.25) is 0 Å². The van der Waals surface area contributed by atoms with Crippen LogP contribution in [0.3, 0.4) is 0 Å². The van der Waals surface area contributed by atoms with E-state index >= 15 is 0 Å². The number of hydrogen-bond acceptors (Lipinski definition) is 3. The van der Waals surface area contributed by atoms with Crippen molar-refractivity contribution in [3.05, 3.63) is 30.1 Å². The molecule has 0 saturated carbocycles. The van der Waals surface area contributed by atoms with Gasteiger partial charge >= 0.3 is 0 Å². The fraction of sp³-hybridized carbons (Fsp3) is 0.562. The van der Waals surface area contributed by atoms with Crippen LogP contribution in [0, 0.1) is 5.82 Å². The van der Waals surface area contributed by atoms with Crippen LogP contribution >= 0.6 is 0 Å². The summed E-state index contributed by atoms with van der Waals surface area (Å²) in [5, 5.41) is 6.42.